The number of benzene rings is 9. The number of hydrogen-bond donors (Lipinski definition) is 0. The Labute approximate surface area is 356 Å². The van der Waals surface area contributed by atoms with Gasteiger partial charge in [-0.1, -0.05) is 212 Å². The summed E-state index contributed by atoms with van der Waals surface area (Å²) >= 11 is 0. The van der Waals surface area contributed by atoms with Crippen LogP contribution in [0.15, 0.2) is 231 Å². The third kappa shape index (κ3) is 5.57. The van der Waals surface area contributed by atoms with E-state index in [2.05, 4.69) is 206 Å². The van der Waals surface area contributed by atoms with Crippen LogP contribution in [0.25, 0.3) is 89.5 Å². The van der Waals surface area contributed by atoms with Crippen LogP contribution in [-0.4, -0.2) is 9.97 Å². The van der Waals surface area contributed by atoms with Crippen molar-refractivity contribution < 1.29 is 0 Å². The van der Waals surface area contributed by atoms with Crippen molar-refractivity contribution in [2.45, 2.75) is 5.41 Å². The molecule has 0 radical (unpaired) electrons. The van der Waals surface area contributed by atoms with Gasteiger partial charge in [-0.05, 0) is 96.1 Å². The molecule has 2 nitrogen and oxygen atoms in total. The normalized spacial score (nSPS) is 12.7. The predicted molar refractivity (Wildman–Crippen MR) is 251 cm³/mol. The van der Waals surface area contributed by atoms with Crippen molar-refractivity contribution >= 4 is 0 Å². The minimum Gasteiger partial charge on any atom is -0.228 e. The summed E-state index contributed by atoms with van der Waals surface area (Å²) in [5.74, 6) is 0.711. The molecule has 0 fully saturated rings. The lowest BCUT2D eigenvalue weighted by Crippen LogP contribution is -2.25. The molecule has 2 aliphatic rings. The molecule has 0 saturated heterocycles. The zero-order valence-electron chi connectivity index (χ0n) is 33.3. The molecule has 12 rings (SSSR count). The Balaban J connectivity index is 1.06. The van der Waals surface area contributed by atoms with Crippen LogP contribution in [0.5, 0.6) is 0 Å². The van der Waals surface area contributed by atoms with Crippen LogP contribution in [0.2, 0.25) is 0 Å². The van der Waals surface area contributed by atoms with Gasteiger partial charge in [0.25, 0.3) is 0 Å². The largest absolute Gasteiger partial charge is 0.228 e. The number of hydrogen-bond acceptors (Lipinski definition) is 2. The van der Waals surface area contributed by atoms with Gasteiger partial charge in [0.15, 0.2) is 5.82 Å². The fourth-order valence-corrected chi connectivity index (χ4v) is 9.98. The van der Waals surface area contributed by atoms with Crippen LogP contribution in [0, 0.1) is 0 Å². The van der Waals surface area contributed by atoms with Gasteiger partial charge in [-0.3, -0.25) is 0 Å². The van der Waals surface area contributed by atoms with Crippen molar-refractivity contribution in [1.82, 2.24) is 9.97 Å². The molecule has 2 heteroatoms. The highest BCUT2D eigenvalue weighted by Crippen LogP contribution is 2.63. The van der Waals surface area contributed by atoms with Gasteiger partial charge in [0, 0.05) is 16.7 Å². The van der Waals surface area contributed by atoms with Crippen molar-refractivity contribution in [3.63, 3.8) is 0 Å². The molecule has 61 heavy (non-hydrogen) atoms. The van der Waals surface area contributed by atoms with E-state index in [9.17, 15) is 0 Å². The second-order valence-electron chi connectivity index (χ2n) is 16.0. The maximum atomic E-state index is 5.15. The SMILES string of the molecule is c1ccc(-c2ccc(-c3cc4c(cc3-c3ccc(-c5cc(-c6ccccc6)nc(-c6ccccc6)n5)cc3)C3(c5ccccc5-c5ccccc53)c3ccccc3-4)cc2)cc1. The van der Waals surface area contributed by atoms with Gasteiger partial charge < -0.3 is 0 Å². The van der Waals surface area contributed by atoms with Crippen molar-refractivity contribution in [3.05, 3.63) is 253 Å². The maximum absolute atomic E-state index is 5.15. The number of aromatic nitrogens is 2. The zero-order chi connectivity index (χ0) is 40.3. The summed E-state index contributed by atoms with van der Waals surface area (Å²) < 4.78 is 0. The van der Waals surface area contributed by atoms with E-state index in [0.717, 1.165) is 33.6 Å². The first-order valence-electron chi connectivity index (χ1n) is 21.0. The molecular weight excluding hydrogens is 737 g/mol. The third-order valence-electron chi connectivity index (χ3n) is 12.8. The van der Waals surface area contributed by atoms with Crippen LogP contribution >= 0.6 is 0 Å². The maximum Gasteiger partial charge on any atom is 0.160 e. The van der Waals surface area contributed by atoms with Crippen molar-refractivity contribution in [3.8, 4) is 89.5 Å². The van der Waals surface area contributed by atoms with E-state index in [1.54, 1.807) is 0 Å². The molecule has 0 unspecified atom stereocenters. The Morgan fingerprint density at radius 1 is 0.230 bits per heavy atom. The van der Waals surface area contributed by atoms with Gasteiger partial charge in [0.2, 0.25) is 0 Å². The quantitative estimate of drug-likeness (QED) is 0.168. The lowest BCUT2D eigenvalue weighted by Gasteiger charge is -2.31. The molecule has 0 amide bonds. The van der Waals surface area contributed by atoms with Crippen LogP contribution in [0.3, 0.4) is 0 Å². The second kappa shape index (κ2) is 14.1. The average molecular weight is 775 g/mol. The first-order chi connectivity index (χ1) is 30.2. The molecule has 0 N–H and O–H groups in total. The standard InChI is InChI=1S/C59H38N2/c1-4-16-39(17-5-1)40-28-30-41(31-29-40)49-36-51-48-24-12-15-27-54(48)59(52-25-13-10-22-46(52)47-23-11-14-26-53(47)59)55(51)37-50(49)42-32-34-44(35-33-42)57-38-56(43-18-6-2-7-19-43)60-58(61-57)45-20-8-3-9-21-45/h1-38H. The minimum absolute atomic E-state index is 0.438. The molecule has 284 valence electrons. The molecule has 0 bridgehead atoms. The Kier molecular flexibility index (Phi) is 8.11. The van der Waals surface area contributed by atoms with E-state index in [1.807, 2.05) is 24.3 Å². The molecule has 0 saturated carbocycles. The summed E-state index contributed by atoms with van der Waals surface area (Å²) in [6.07, 6.45) is 0. The van der Waals surface area contributed by atoms with Crippen molar-refractivity contribution in [2.24, 2.45) is 0 Å². The van der Waals surface area contributed by atoms with Crippen LogP contribution in [-0.2, 0) is 5.41 Å². The summed E-state index contributed by atoms with van der Waals surface area (Å²) in [5.41, 5.74) is 22.1. The molecule has 10 aromatic rings. The predicted octanol–water partition coefficient (Wildman–Crippen LogP) is 14.8. The lowest BCUT2D eigenvalue weighted by atomic mass is 9.70. The Bertz CT molecular complexity index is 3160. The summed E-state index contributed by atoms with van der Waals surface area (Å²) in [4.78, 5) is 10.2. The second-order valence-corrected chi connectivity index (χ2v) is 16.0. The van der Waals surface area contributed by atoms with Gasteiger partial charge in [-0.25, -0.2) is 9.97 Å². The number of fused-ring (bicyclic) bond motifs is 10. The molecule has 1 spiro atoms. The Morgan fingerprint density at radius 2 is 0.590 bits per heavy atom. The van der Waals surface area contributed by atoms with E-state index < -0.39 is 5.41 Å². The summed E-state index contributed by atoms with van der Waals surface area (Å²) in [7, 11) is 0. The Morgan fingerprint density at radius 3 is 1.11 bits per heavy atom. The zero-order valence-corrected chi connectivity index (χ0v) is 33.3. The first-order valence-corrected chi connectivity index (χ1v) is 21.0. The summed E-state index contributed by atoms with van der Waals surface area (Å²) in [5, 5.41) is 0. The Hall–Kier alpha value is -7.94. The molecule has 2 aliphatic carbocycles. The highest BCUT2D eigenvalue weighted by molar-refractivity contribution is 5.99. The number of nitrogens with zero attached hydrogens (tertiary/aromatic N) is 2. The topological polar surface area (TPSA) is 25.8 Å². The highest BCUT2D eigenvalue weighted by Gasteiger charge is 2.51. The van der Waals surface area contributed by atoms with Crippen molar-refractivity contribution in [1.29, 1.82) is 0 Å². The molecular formula is C59H38N2. The third-order valence-corrected chi connectivity index (χ3v) is 12.8. The van der Waals surface area contributed by atoms with E-state index in [0.29, 0.717) is 5.82 Å². The van der Waals surface area contributed by atoms with Gasteiger partial charge >= 0.3 is 0 Å². The molecule has 0 atom stereocenters. The highest BCUT2D eigenvalue weighted by atomic mass is 14.9. The fraction of sp³-hybridized carbons (Fsp3) is 0.0169. The van der Waals surface area contributed by atoms with Crippen LogP contribution in [0.4, 0.5) is 0 Å². The molecule has 1 aromatic heterocycles. The lowest BCUT2D eigenvalue weighted by molar-refractivity contribution is 0.794. The van der Waals surface area contributed by atoms with Gasteiger partial charge in [0.1, 0.15) is 0 Å². The smallest absolute Gasteiger partial charge is 0.160 e. The van der Waals surface area contributed by atoms with Crippen LogP contribution < -0.4 is 0 Å². The molecule has 9 aromatic carbocycles. The molecule has 1 heterocycles. The summed E-state index contributed by atoms with van der Waals surface area (Å²) in [6, 6.07) is 83.5. The van der Waals surface area contributed by atoms with Crippen LogP contribution in [0.1, 0.15) is 22.3 Å². The van der Waals surface area contributed by atoms with Gasteiger partial charge in [-0.2, -0.15) is 0 Å². The average Bonchev–Trinajstić information content (AvgIpc) is 3.81. The van der Waals surface area contributed by atoms with Gasteiger partial charge in [-0.15, -0.1) is 0 Å². The number of rotatable bonds is 6. The van der Waals surface area contributed by atoms with E-state index in [4.69, 9.17) is 9.97 Å². The summed E-state index contributed by atoms with van der Waals surface area (Å²) in [6.45, 7) is 0. The first kappa shape index (κ1) is 35.0. The van der Waals surface area contributed by atoms with E-state index >= 15 is 0 Å². The van der Waals surface area contributed by atoms with E-state index in [-0.39, 0.29) is 0 Å². The van der Waals surface area contributed by atoms with Crippen molar-refractivity contribution in [2.75, 3.05) is 0 Å². The minimum atomic E-state index is -0.438. The monoisotopic (exact) mass is 774 g/mol. The molecule has 0 aliphatic heterocycles. The van der Waals surface area contributed by atoms with Gasteiger partial charge in [0.05, 0.1) is 16.8 Å². The van der Waals surface area contributed by atoms with E-state index in [1.165, 1.54) is 72.3 Å². The fourth-order valence-electron chi connectivity index (χ4n) is 9.98.